The predicted octanol–water partition coefficient (Wildman–Crippen LogP) is 1.53. The summed E-state index contributed by atoms with van der Waals surface area (Å²) in [6.07, 6.45) is -0.184. The van der Waals surface area contributed by atoms with E-state index in [1.165, 1.54) is 7.11 Å². The molecule has 0 aliphatic heterocycles. The highest BCUT2D eigenvalue weighted by Gasteiger charge is 2.16. The van der Waals surface area contributed by atoms with Crippen molar-refractivity contribution in [3.8, 4) is 0 Å². The normalized spacial score (nSPS) is 12.3. The number of hydrogen-bond donors (Lipinski definition) is 1. The van der Waals surface area contributed by atoms with Crippen LogP contribution in [0.5, 0.6) is 0 Å². The molecule has 0 saturated heterocycles. The lowest BCUT2D eigenvalue weighted by atomic mass is 10.0. The topological polar surface area (TPSA) is 52.3 Å². The molecule has 2 N–H and O–H groups in total. The number of ether oxygens (including phenoxy) is 1. The molecule has 0 heterocycles. The molecule has 5 heteroatoms. The van der Waals surface area contributed by atoms with Crippen LogP contribution in [-0.2, 0) is 9.53 Å². The zero-order valence-electron chi connectivity index (χ0n) is 8.17. The molecule has 3 nitrogen and oxygen atoms in total. The van der Waals surface area contributed by atoms with E-state index in [2.05, 4.69) is 4.74 Å². The fourth-order valence-corrected chi connectivity index (χ4v) is 1.17. The Hall–Kier alpha value is -1.49. The van der Waals surface area contributed by atoms with Gasteiger partial charge in [0.05, 0.1) is 13.5 Å². The molecule has 1 atom stereocenters. The van der Waals surface area contributed by atoms with Gasteiger partial charge < -0.3 is 10.5 Å². The smallest absolute Gasteiger partial charge is 0.307 e. The number of hydrogen-bond acceptors (Lipinski definition) is 3. The maximum atomic E-state index is 13.2. The molecule has 0 unspecified atom stereocenters. The van der Waals surface area contributed by atoms with Gasteiger partial charge in [-0.25, -0.2) is 8.78 Å². The summed E-state index contributed by atoms with van der Waals surface area (Å²) in [5, 5.41) is 0. The summed E-state index contributed by atoms with van der Waals surface area (Å²) in [5.74, 6) is -1.79. The maximum absolute atomic E-state index is 13.2. The first-order valence-corrected chi connectivity index (χ1v) is 4.32. The van der Waals surface area contributed by atoms with E-state index in [1.54, 1.807) is 0 Å². The van der Waals surface area contributed by atoms with Gasteiger partial charge in [0, 0.05) is 11.6 Å². The molecule has 0 aromatic heterocycles. The number of rotatable bonds is 3. The van der Waals surface area contributed by atoms with Crippen LogP contribution in [0.1, 0.15) is 18.0 Å². The summed E-state index contributed by atoms with van der Waals surface area (Å²) in [7, 11) is 1.21. The van der Waals surface area contributed by atoms with Gasteiger partial charge in [-0.2, -0.15) is 0 Å². The number of nitrogens with two attached hydrogens (primary N) is 1. The quantitative estimate of drug-likeness (QED) is 0.778. The van der Waals surface area contributed by atoms with Gasteiger partial charge in [0.25, 0.3) is 0 Å². The number of esters is 1. The summed E-state index contributed by atoms with van der Waals surface area (Å²) < 4.78 is 30.3. The molecule has 1 rings (SSSR count). The van der Waals surface area contributed by atoms with Crippen LogP contribution in [0, 0.1) is 11.6 Å². The largest absolute Gasteiger partial charge is 0.469 e. The van der Waals surface area contributed by atoms with Gasteiger partial charge in [-0.15, -0.1) is 0 Å². The van der Waals surface area contributed by atoms with E-state index in [-0.39, 0.29) is 12.0 Å². The van der Waals surface area contributed by atoms with E-state index >= 15 is 0 Å². The van der Waals surface area contributed by atoms with Crippen molar-refractivity contribution in [3.05, 3.63) is 35.4 Å². The van der Waals surface area contributed by atoms with E-state index < -0.39 is 23.6 Å². The molecule has 82 valence electrons. The zero-order chi connectivity index (χ0) is 11.4. The summed E-state index contributed by atoms with van der Waals surface area (Å²) in [6.45, 7) is 0. The fourth-order valence-electron chi connectivity index (χ4n) is 1.17. The second-order valence-corrected chi connectivity index (χ2v) is 3.05. The lowest BCUT2D eigenvalue weighted by molar-refractivity contribution is -0.141. The lowest BCUT2D eigenvalue weighted by Gasteiger charge is -2.11. The van der Waals surface area contributed by atoms with Crippen LogP contribution >= 0.6 is 0 Å². The van der Waals surface area contributed by atoms with Crippen molar-refractivity contribution in [2.24, 2.45) is 5.73 Å². The third-order valence-corrected chi connectivity index (χ3v) is 1.97. The first kappa shape index (κ1) is 11.6. The average molecular weight is 215 g/mol. The monoisotopic (exact) mass is 215 g/mol. The second-order valence-electron chi connectivity index (χ2n) is 3.05. The van der Waals surface area contributed by atoms with Crippen LogP contribution in [0.15, 0.2) is 18.2 Å². The highest BCUT2D eigenvalue weighted by atomic mass is 19.1. The van der Waals surface area contributed by atoms with Crippen molar-refractivity contribution >= 4 is 5.97 Å². The Morgan fingerprint density at radius 2 is 2.20 bits per heavy atom. The predicted molar refractivity (Wildman–Crippen MR) is 49.9 cm³/mol. The SMILES string of the molecule is COC(=O)C[C@@H](N)c1cc(F)ccc1F. The molecular formula is C10H11F2NO2. The molecule has 0 aliphatic carbocycles. The molecule has 0 radical (unpaired) electrons. The van der Waals surface area contributed by atoms with Gasteiger partial charge in [0.2, 0.25) is 0 Å². The van der Waals surface area contributed by atoms with Gasteiger partial charge in [-0.3, -0.25) is 4.79 Å². The first-order chi connectivity index (χ1) is 7.04. The van der Waals surface area contributed by atoms with Gasteiger partial charge >= 0.3 is 5.97 Å². The Morgan fingerprint density at radius 3 is 2.80 bits per heavy atom. The standard InChI is InChI=1S/C10H11F2NO2/c1-15-10(14)5-9(13)7-4-6(11)2-3-8(7)12/h2-4,9H,5,13H2,1H3/t9-/m1/s1. The molecule has 0 fully saturated rings. The molecule has 15 heavy (non-hydrogen) atoms. The molecule has 1 aromatic carbocycles. The number of methoxy groups -OCH3 is 1. The fraction of sp³-hybridized carbons (Fsp3) is 0.300. The Balaban J connectivity index is 2.85. The van der Waals surface area contributed by atoms with Gasteiger partial charge in [0.1, 0.15) is 11.6 Å². The van der Waals surface area contributed by atoms with Crippen LogP contribution in [-0.4, -0.2) is 13.1 Å². The van der Waals surface area contributed by atoms with E-state index in [9.17, 15) is 13.6 Å². The average Bonchev–Trinajstić information content (AvgIpc) is 2.21. The number of carbonyl (C=O) groups is 1. The minimum atomic E-state index is -0.895. The van der Waals surface area contributed by atoms with E-state index in [0.29, 0.717) is 0 Å². The third kappa shape index (κ3) is 2.99. The van der Waals surface area contributed by atoms with Crippen molar-refractivity contribution in [3.63, 3.8) is 0 Å². The molecule has 0 bridgehead atoms. The van der Waals surface area contributed by atoms with Crippen LogP contribution in [0.25, 0.3) is 0 Å². The number of carbonyl (C=O) groups excluding carboxylic acids is 1. The van der Waals surface area contributed by atoms with Gasteiger partial charge in [-0.05, 0) is 18.2 Å². The third-order valence-electron chi connectivity index (χ3n) is 1.97. The molecule has 1 aromatic rings. The second kappa shape index (κ2) is 4.84. The molecular weight excluding hydrogens is 204 g/mol. The number of benzene rings is 1. The van der Waals surface area contributed by atoms with Crippen molar-refractivity contribution in [2.75, 3.05) is 7.11 Å². The summed E-state index contributed by atoms with van der Waals surface area (Å²) in [5.41, 5.74) is 5.51. The maximum Gasteiger partial charge on any atom is 0.307 e. The van der Waals surface area contributed by atoms with Crippen molar-refractivity contribution in [2.45, 2.75) is 12.5 Å². The minimum absolute atomic E-state index is 0.0274. The van der Waals surface area contributed by atoms with Crippen LogP contribution in [0.3, 0.4) is 0 Å². The Labute approximate surface area is 85.8 Å². The van der Waals surface area contributed by atoms with E-state index in [0.717, 1.165) is 18.2 Å². The highest BCUT2D eigenvalue weighted by Crippen LogP contribution is 2.19. The minimum Gasteiger partial charge on any atom is -0.469 e. The Morgan fingerprint density at radius 1 is 1.53 bits per heavy atom. The van der Waals surface area contributed by atoms with Crippen molar-refractivity contribution in [1.82, 2.24) is 0 Å². The van der Waals surface area contributed by atoms with E-state index in [1.807, 2.05) is 0 Å². The first-order valence-electron chi connectivity index (χ1n) is 4.32. The number of halogens is 2. The van der Waals surface area contributed by atoms with Crippen molar-refractivity contribution in [1.29, 1.82) is 0 Å². The molecule has 0 saturated carbocycles. The summed E-state index contributed by atoms with van der Waals surface area (Å²) in [4.78, 5) is 10.9. The van der Waals surface area contributed by atoms with Gasteiger partial charge in [-0.1, -0.05) is 0 Å². The van der Waals surface area contributed by atoms with Crippen molar-refractivity contribution < 1.29 is 18.3 Å². The zero-order valence-corrected chi connectivity index (χ0v) is 8.17. The summed E-state index contributed by atoms with van der Waals surface area (Å²) >= 11 is 0. The molecule has 0 spiro atoms. The lowest BCUT2D eigenvalue weighted by Crippen LogP contribution is -2.17. The Kier molecular flexibility index (Phi) is 3.74. The van der Waals surface area contributed by atoms with Crippen LogP contribution in [0.2, 0.25) is 0 Å². The van der Waals surface area contributed by atoms with Crippen LogP contribution < -0.4 is 5.73 Å². The Bertz CT molecular complexity index is 368. The van der Waals surface area contributed by atoms with Crippen LogP contribution in [0.4, 0.5) is 8.78 Å². The van der Waals surface area contributed by atoms with E-state index in [4.69, 9.17) is 5.73 Å². The highest BCUT2D eigenvalue weighted by molar-refractivity contribution is 5.70. The van der Waals surface area contributed by atoms with Gasteiger partial charge in [0.15, 0.2) is 0 Å². The summed E-state index contributed by atoms with van der Waals surface area (Å²) in [6, 6.07) is 2.04. The molecule has 0 aliphatic rings. The molecule has 0 amide bonds.